The number of rotatable bonds is 3. The molecule has 2 rings (SSSR count). The molecule has 1 aromatic heterocycles. The molecule has 0 bridgehead atoms. The predicted molar refractivity (Wildman–Crippen MR) is 62.5 cm³/mol. The minimum absolute atomic E-state index is 0.412. The topological polar surface area (TPSA) is 63.8 Å². The van der Waals surface area contributed by atoms with Gasteiger partial charge >= 0.3 is 0 Å². The Kier molecular flexibility index (Phi) is 3.15. The van der Waals surface area contributed by atoms with Crippen LogP contribution in [0.1, 0.15) is 5.01 Å². The lowest BCUT2D eigenvalue weighted by Gasteiger charge is -2.00. The van der Waals surface area contributed by atoms with Gasteiger partial charge in [0.1, 0.15) is 5.01 Å². The summed E-state index contributed by atoms with van der Waals surface area (Å²) in [5, 5.41) is 13.2. The number of hydrogen-bond acceptors (Lipinski definition) is 5. The predicted octanol–water partition coefficient (Wildman–Crippen LogP) is 2.39. The molecule has 0 saturated heterocycles. The fourth-order valence-corrected chi connectivity index (χ4v) is 1.91. The average molecular weight is 241 g/mol. The first-order valence-electron chi connectivity index (χ1n) is 4.33. The van der Waals surface area contributed by atoms with Crippen LogP contribution in [0.4, 0.5) is 10.8 Å². The number of benzene rings is 1. The summed E-state index contributed by atoms with van der Waals surface area (Å²) in [6.07, 6.45) is 0. The van der Waals surface area contributed by atoms with E-state index in [9.17, 15) is 0 Å². The molecule has 0 saturated carbocycles. The maximum absolute atomic E-state index is 5.85. The van der Waals surface area contributed by atoms with Gasteiger partial charge in [0.2, 0.25) is 5.13 Å². The van der Waals surface area contributed by atoms with Gasteiger partial charge in [0, 0.05) is 17.3 Å². The van der Waals surface area contributed by atoms with E-state index in [4.69, 9.17) is 17.3 Å². The lowest BCUT2D eigenvalue weighted by atomic mass is 10.3. The first kappa shape index (κ1) is 10.4. The number of nitrogens with zero attached hydrogens (tertiary/aromatic N) is 2. The van der Waals surface area contributed by atoms with E-state index in [1.54, 1.807) is 0 Å². The van der Waals surface area contributed by atoms with Gasteiger partial charge in [-0.3, -0.25) is 0 Å². The Bertz CT molecular complexity index is 457. The van der Waals surface area contributed by atoms with Crippen LogP contribution in [0.2, 0.25) is 5.02 Å². The Morgan fingerprint density at radius 2 is 2.27 bits per heavy atom. The molecule has 4 nitrogen and oxygen atoms in total. The molecule has 0 atom stereocenters. The van der Waals surface area contributed by atoms with Crippen molar-refractivity contribution in [3.8, 4) is 0 Å². The van der Waals surface area contributed by atoms with E-state index in [-0.39, 0.29) is 0 Å². The van der Waals surface area contributed by atoms with Gasteiger partial charge in [-0.25, -0.2) is 0 Å². The summed E-state index contributed by atoms with van der Waals surface area (Å²) in [5.74, 6) is 0. The van der Waals surface area contributed by atoms with Crippen LogP contribution in [0.25, 0.3) is 0 Å². The number of hydrogen-bond donors (Lipinski definition) is 2. The third-order valence-corrected chi connectivity index (χ3v) is 2.81. The van der Waals surface area contributed by atoms with Crippen molar-refractivity contribution in [3.05, 3.63) is 34.3 Å². The van der Waals surface area contributed by atoms with Crippen LogP contribution in [0.15, 0.2) is 24.3 Å². The van der Waals surface area contributed by atoms with E-state index in [0.29, 0.717) is 11.6 Å². The largest absolute Gasteiger partial charge is 0.330 e. The molecule has 2 aromatic rings. The molecule has 0 aliphatic heterocycles. The number of nitrogens with one attached hydrogen (secondary N) is 1. The normalized spacial score (nSPS) is 10.3. The molecule has 0 aliphatic carbocycles. The molecular weight excluding hydrogens is 232 g/mol. The summed E-state index contributed by atoms with van der Waals surface area (Å²) in [6.45, 7) is 0.412. The van der Waals surface area contributed by atoms with E-state index in [1.165, 1.54) is 11.3 Å². The van der Waals surface area contributed by atoms with Crippen molar-refractivity contribution in [1.29, 1.82) is 0 Å². The van der Waals surface area contributed by atoms with Crippen LogP contribution in [-0.2, 0) is 6.54 Å². The molecule has 1 heterocycles. The van der Waals surface area contributed by atoms with E-state index < -0.39 is 0 Å². The van der Waals surface area contributed by atoms with Crippen molar-refractivity contribution in [2.45, 2.75) is 6.54 Å². The smallest absolute Gasteiger partial charge is 0.210 e. The highest BCUT2D eigenvalue weighted by molar-refractivity contribution is 7.15. The zero-order valence-electron chi connectivity index (χ0n) is 7.77. The quantitative estimate of drug-likeness (QED) is 0.865. The highest BCUT2D eigenvalue weighted by Crippen LogP contribution is 2.22. The second-order valence-electron chi connectivity index (χ2n) is 2.84. The fourth-order valence-electron chi connectivity index (χ4n) is 1.08. The number of anilines is 2. The third-order valence-electron chi connectivity index (χ3n) is 1.72. The molecule has 15 heavy (non-hydrogen) atoms. The van der Waals surface area contributed by atoms with E-state index in [2.05, 4.69) is 15.5 Å². The average Bonchev–Trinajstić information content (AvgIpc) is 2.65. The first-order chi connectivity index (χ1) is 7.28. The second-order valence-corrected chi connectivity index (χ2v) is 4.34. The molecule has 1 aromatic carbocycles. The summed E-state index contributed by atoms with van der Waals surface area (Å²) in [5.41, 5.74) is 6.33. The standard InChI is InChI=1S/C9H9ClN4S/c10-6-2-1-3-7(4-6)12-9-14-13-8(5-11)15-9/h1-4H,5,11H2,(H,12,14). The van der Waals surface area contributed by atoms with Crippen molar-refractivity contribution < 1.29 is 0 Å². The molecule has 6 heteroatoms. The molecular formula is C9H9ClN4S. The lowest BCUT2D eigenvalue weighted by Crippen LogP contribution is -1.94. The first-order valence-corrected chi connectivity index (χ1v) is 5.52. The van der Waals surface area contributed by atoms with Crippen LogP contribution in [0.3, 0.4) is 0 Å². The Hall–Kier alpha value is -1.17. The summed E-state index contributed by atoms with van der Waals surface area (Å²) in [4.78, 5) is 0. The minimum atomic E-state index is 0.412. The van der Waals surface area contributed by atoms with Crippen LogP contribution in [-0.4, -0.2) is 10.2 Å². The van der Waals surface area contributed by atoms with Crippen LogP contribution < -0.4 is 11.1 Å². The Morgan fingerprint density at radius 3 is 2.93 bits per heavy atom. The lowest BCUT2D eigenvalue weighted by molar-refractivity contribution is 0.960. The molecule has 0 amide bonds. The van der Waals surface area contributed by atoms with Crippen molar-refractivity contribution >= 4 is 33.8 Å². The monoisotopic (exact) mass is 240 g/mol. The summed E-state index contributed by atoms with van der Waals surface area (Å²) in [6, 6.07) is 7.42. The van der Waals surface area contributed by atoms with Gasteiger partial charge < -0.3 is 11.1 Å². The van der Waals surface area contributed by atoms with Crippen molar-refractivity contribution in [2.24, 2.45) is 5.73 Å². The molecule has 0 spiro atoms. The summed E-state index contributed by atoms with van der Waals surface area (Å²) >= 11 is 7.28. The van der Waals surface area contributed by atoms with Gasteiger partial charge in [0.15, 0.2) is 0 Å². The van der Waals surface area contributed by atoms with E-state index >= 15 is 0 Å². The Labute approximate surface area is 96.1 Å². The zero-order valence-corrected chi connectivity index (χ0v) is 9.35. The van der Waals surface area contributed by atoms with Crippen LogP contribution >= 0.6 is 22.9 Å². The van der Waals surface area contributed by atoms with Gasteiger partial charge in [-0.15, -0.1) is 10.2 Å². The molecule has 78 valence electrons. The number of halogens is 1. The molecule has 3 N–H and O–H groups in total. The molecule has 0 unspecified atom stereocenters. The highest BCUT2D eigenvalue weighted by atomic mass is 35.5. The highest BCUT2D eigenvalue weighted by Gasteiger charge is 2.02. The third kappa shape index (κ3) is 2.65. The van der Waals surface area contributed by atoms with Crippen LogP contribution in [0, 0.1) is 0 Å². The van der Waals surface area contributed by atoms with Crippen LogP contribution in [0.5, 0.6) is 0 Å². The SMILES string of the molecule is NCc1nnc(Nc2cccc(Cl)c2)s1. The molecule has 0 fully saturated rings. The van der Waals surface area contributed by atoms with Gasteiger partial charge in [0.05, 0.1) is 0 Å². The van der Waals surface area contributed by atoms with Crippen molar-refractivity contribution in [1.82, 2.24) is 10.2 Å². The second kappa shape index (κ2) is 4.57. The minimum Gasteiger partial charge on any atom is -0.330 e. The van der Waals surface area contributed by atoms with Gasteiger partial charge in [0.25, 0.3) is 0 Å². The fraction of sp³-hybridized carbons (Fsp3) is 0.111. The van der Waals surface area contributed by atoms with Gasteiger partial charge in [-0.1, -0.05) is 29.0 Å². The summed E-state index contributed by atoms with van der Waals surface area (Å²) in [7, 11) is 0. The van der Waals surface area contributed by atoms with Gasteiger partial charge in [-0.2, -0.15) is 0 Å². The van der Waals surface area contributed by atoms with Gasteiger partial charge in [-0.05, 0) is 18.2 Å². The number of nitrogens with two attached hydrogens (primary N) is 1. The van der Waals surface area contributed by atoms with Crippen molar-refractivity contribution in [3.63, 3.8) is 0 Å². The maximum Gasteiger partial charge on any atom is 0.210 e. The summed E-state index contributed by atoms with van der Waals surface area (Å²) < 4.78 is 0. The zero-order chi connectivity index (χ0) is 10.7. The van der Waals surface area contributed by atoms with E-state index in [0.717, 1.165) is 15.8 Å². The Balaban J connectivity index is 2.14. The molecule has 0 aliphatic rings. The molecule has 0 radical (unpaired) electrons. The van der Waals surface area contributed by atoms with Crippen molar-refractivity contribution in [2.75, 3.05) is 5.32 Å². The maximum atomic E-state index is 5.85. The van der Waals surface area contributed by atoms with E-state index in [1.807, 2.05) is 24.3 Å². The number of aromatic nitrogens is 2. The Morgan fingerprint density at radius 1 is 1.40 bits per heavy atom.